The van der Waals surface area contributed by atoms with E-state index in [4.69, 9.17) is 20.8 Å². The molecule has 0 saturated carbocycles. The van der Waals surface area contributed by atoms with Crippen molar-refractivity contribution >= 4 is 23.2 Å². The number of amides is 1. The maximum absolute atomic E-state index is 12.5. The minimum Gasteiger partial charge on any atom is -0.490 e. The van der Waals surface area contributed by atoms with Crippen LogP contribution >= 0.6 is 11.6 Å². The number of para-hydroxylation sites is 1. The number of nitrogens with zero attached hydrogens (tertiary/aromatic N) is 2. The molecular weight excluding hydrogens is 332 g/mol. The van der Waals surface area contributed by atoms with E-state index in [1.165, 1.54) is 13.2 Å². The first-order valence-electron chi connectivity index (χ1n) is 7.55. The summed E-state index contributed by atoms with van der Waals surface area (Å²) < 4.78 is 10.1. The predicted molar refractivity (Wildman–Crippen MR) is 91.1 cm³/mol. The number of hydrogen-bond donors (Lipinski definition) is 0. The molecule has 0 atom stereocenters. The van der Waals surface area contributed by atoms with Gasteiger partial charge in [-0.2, -0.15) is 0 Å². The first-order valence-corrected chi connectivity index (χ1v) is 7.93. The molecule has 2 heterocycles. The van der Waals surface area contributed by atoms with Gasteiger partial charge in [-0.3, -0.25) is 9.59 Å². The molecule has 0 radical (unpaired) electrons. The first kappa shape index (κ1) is 16.4. The summed E-state index contributed by atoms with van der Waals surface area (Å²) in [5.74, 6) is -0.198. The molecule has 1 amide bonds. The van der Waals surface area contributed by atoms with Crippen molar-refractivity contribution in [2.75, 3.05) is 38.2 Å². The molecule has 0 aliphatic carbocycles. The fourth-order valence-corrected chi connectivity index (χ4v) is 2.93. The molecule has 0 bridgehead atoms. The van der Waals surface area contributed by atoms with E-state index in [2.05, 4.69) is 4.90 Å². The number of benzene rings is 1. The molecule has 1 aromatic carbocycles. The predicted octanol–water partition coefficient (Wildman–Crippen LogP) is 2.26. The van der Waals surface area contributed by atoms with Gasteiger partial charge in [0.05, 0.1) is 17.8 Å². The van der Waals surface area contributed by atoms with Gasteiger partial charge in [-0.25, -0.2) is 0 Å². The Balaban J connectivity index is 1.68. The third-order valence-electron chi connectivity index (χ3n) is 3.99. The normalized spacial score (nSPS) is 14.6. The first-order chi connectivity index (χ1) is 11.6. The monoisotopic (exact) mass is 348 g/mol. The van der Waals surface area contributed by atoms with Crippen LogP contribution in [0.15, 0.2) is 45.8 Å². The number of carbonyl (C=O) groups excluding carboxylic acids is 1. The minimum absolute atomic E-state index is 0.0204. The van der Waals surface area contributed by atoms with E-state index in [-0.39, 0.29) is 22.8 Å². The quantitative estimate of drug-likeness (QED) is 0.851. The summed E-state index contributed by atoms with van der Waals surface area (Å²) in [5.41, 5.74) is 0.587. The zero-order valence-electron chi connectivity index (χ0n) is 13.2. The van der Waals surface area contributed by atoms with Crippen LogP contribution in [0.25, 0.3) is 0 Å². The van der Waals surface area contributed by atoms with Crippen LogP contribution in [0.5, 0.6) is 5.75 Å². The van der Waals surface area contributed by atoms with E-state index in [1.54, 1.807) is 4.90 Å². The Morgan fingerprint density at radius 2 is 1.92 bits per heavy atom. The molecule has 1 aliphatic heterocycles. The Hall–Kier alpha value is -2.47. The number of methoxy groups -OCH3 is 1. The fraction of sp³-hybridized carbons (Fsp3) is 0.294. The Morgan fingerprint density at radius 3 is 2.54 bits per heavy atom. The Labute approximate surface area is 144 Å². The van der Waals surface area contributed by atoms with Crippen LogP contribution in [-0.4, -0.2) is 44.1 Å². The van der Waals surface area contributed by atoms with Gasteiger partial charge in [0.2, 0.25) is 11.2 Å². The highest BCUT2D eigenvalue weighted by molar-refractivity contribution is 6.33. The average Bonchev–Trinajstić information content (AvgIpc) is 2.61. The summed E-state index contributed by atoms with van der Waals surface area (Å²) in [6.45, 7) is 2.38. The molecule has 7 heteroatoms. The lowest BCUT2D eigenvalue weighted by atomic mass is 10.2. The molecule has 1 aromatic heterocycles. The lowest BCUT2D eigenvalue weighted by molar-refractivity contribution is 0.0711. The van der Waals surface area contributed by atoms with Gasteiger partial charge in [0.25, 0.3) is 5.91 Å². The van der Waals surface area contributed by atoms with Gasteiger partial charge in [-0.05, 0) is 12.1 Å². The van der Waals surface area contributed by atoms with Crippen LogP contribution in [0, 0.1) is 0 Å². The van der Waals surface area contributed by atoms with Gasteiger partial charge in [-0.1, -0.05) is 23.7 Å². The number of rotatable bonds is 3. The Kier molecular flexibility index (Phi) is 4.76. The topological polar surface area (TPSA) is 63.0 Å². The van der Waals surface area contributed by atoms with Crippen molar-refractivity contribution in [1.29, 1.82) is 0 Å². The van der Waals surface area contributed by atoms with E-state index in [0.29, 0.717) is 31.2 Å². The lowest BCUT2D eigenvalue weighted by Gasteiger charge is -2.36. The second kappa shape index (κ2) is 6.97. The Bertz CT molecular complexity index is 797. The maximum Gasteiger partial charge on any atom is 0.289 e. The standard InChI is InChI=1S/C17H17ClN2O4/c1-23-16-11-24-15(10-14(16)21)17(22)20-8-6-19(7-9-20)13-5-3-2-4-12(13)18/h2-5,10-11H,6-9H2,1H3. The van der Waals surface area contributed by atoms with Crippen LogP contribution in [0.4, 0.5) is 5.69 Å². The summed E-state index contributed by atoms with van der Waals surface area (Å²) in [7, 11) is 1.38. The minimum atomic E-state index is -0.373. The van der Waals surface area contributed by atoms with Gasteiger partial charge in [-0.15, -0.1) is 0 Å². The van der Waals surface area contributed by atoms with Crippen molar-refractivity contribution in [1.82, 2.24) is 4.90 Å². The number of carbonyl (C=O) groups is 1. The number of halogens is 1. The van der Waals surface area contributed by atoms with Gasteiger partial charge in [0, 0.05) is 32.2 Å². The number of ether oxygens (including phenoxy) is 1. The number of anilines is 1. The molecule has 0 N–H and O–H groups in total. The molecule has 1 fully saturated rings. The van der Waals surface area contributed by atoms with Crippen molar-refractivity contribution in [2.45, 2.75) is 0 Å². The SMILES string of the molecule is COc1coc(C(=O)N2CCN(c3ccccc3Cl)CC2)cc1=O. The van der Waals surface area contributed by atoms with Crippen molar-refractivity contribution in [3.63, 3.8) is 0 Å². The van der Waals surface area contributed by atoms with E-state index in [9.17, 15) is 9.59 Å². The number of hydrogen-bond acceptors (Lipinski definition) is 5. The highest BCUT2D eigenvalue weighted by Crippen LogP contribution is 2.26. The molecule has 1 saturated heterocycles. The lowest BCUT2D eigenvalue weighted by Crippen LogP contribution is -2.49. The Morgan fingerprint density at radius 1 is 1.21 bits per heavy atom. The smallest absolute Gasteiger partial charge is 0.289 e. The zero-order valence-corrected chi connectivity index (χ0v) is 14.0. The summed E-state index contributed by atoms with van der Waals surface area (Å²) in [4.78, 5) is 28.0. The molecule has 2 aromatic rings. The highest BCUT2D eigenvalue weighted by Gasteiger charge is 2.25. The largest absolute Gasteiger partial charge is 0.490 e. The second-order valence-electron chi connectivity index (χ2n) is 5.41. The fourth-order valence-electron chi connectivity index (χ4n) is 2.67. The van der Waals surface area contributed by atoms with Crippen molar-refractivity contribution in [3.05, 3.63) is 57.6 Å². The molecule has 0 spiro atoms. The van der Waals surface area contributed by atoms with E-state index >= 15 is 0 Å². The summed E-state index contributed by atoms with van der Waals surface area (Å²) in [5, 5.41) is 0.693. The summed E-state index contributed by atoms with van der Waals surface area (Å²) in [6, 6.07) is 8.80. The van der Waals surface area contributed by atoms with Gasteiger partial charge >= 0.3 is 0 Å². The van der Waals surface area contributed by atoms with E-state index < -0.39 is 0 Å². The summed E-state index contributed by atoms with van der Waals surface area (Å²) >= 11 is 6.21. The van der Waals surface area contributed by atoms with Crippen LogP contribution in [0.1, 0.15) is 10.6 Å². The van der Waals surface area contributed by atoms with Crippen LogP contribution < -0.4 is 15.1 Å². The van der Waals surface area contributed by atoms with E-state index in [1.807, 2.05) is 24.3 Å². The van der Waals surface area contributed by atoms with Crippen molar-refractivity contribution in [3.8, 4) is 5.75 Å². The van der Waals surface area contributed by atoms with Crippen LogP contribution in [0.3, 0.4) is 0 Å². The van der Waals surface area contributed by atoms with Crippen LogP contribution in [0.2, 0.25) is 5.02 Å². The van der Waals surface area contributed by atoms with Gasteiger partial charge in [0.15, 0.2) is 5.76 Å². The third-order valence-corrected chi connectivity index (χ3v) is 4.31. The highest BCUT2D eigenvalue weighted by atomic mass is 35.5. The third kappa shape index (κ3) is 3.23. The summed E-state index contributed by atoms with van der Waals surface area (Å²) in [6.07, 6.45) is 1.16. The molecule has 24 heavy (non-hydrogen) atoms. The zero-order chi connectivity index (χ0) is 17.1. The molecule has 3 rings (SSSR count). The molecule has 126 valence electrons. The van der Waals surface area contributed by atoms with Gasteiger partial charge in [0.1, 0.15) is 6.26 Å². The van der Waals surface area contributed by atoms with Crippen molar-refractivity contribution in [2.24, 2.45) is 0 Å². The molecule has 6 nitrogen and oxygen atoms in total. The second-order valence-corrected chi connectivity index (χ2v) is 5.81. The molecule has 0 unspecified atom stereocenters. The number of piperazine rings is 1. The molecular formula is C17H17ClN2O4. The van der Waals surface area contributed by atoms with E-state index in [0.717, 1.165) is 12.0 Å². The maximum atomic E-state index is 12.5. The van der Waals surface area contributed by atoms with Crippen molar-refractivity contribution < 1.29 is 13.9 Å². The molecule has 1 aliphatic rings. The average molecular weight is 349 g/mol. The van der Waals surface area contributed by atoms with Crippen LogP contribution in [-0.2, 0) is 0 Å². The van der Waals surface area contributed by atoms with Gasteiger partial charge < -0.3 is 19.0 Å².